The molecule has 24 heavy (non-hydrogen) atoms. The molecule has 0 bridgehead atoms. The Morgan fingerprint density at radius 1 is 1.17 bits per heavy atom. The molecule has 1 aromatic heterocycles. The summed E-state index contributed by atoms with van der Waals surface area (Å²) in [5.74, 6) is -0.460. The number of hydrazine groups is 1. The molecular weight excluding hydrogens is 332 g/mol. The van der Waals surface area contributed by atoms with Crippen LogP contribution in [0.2, 0.25) is 5.02 Å². The first-order chi connectivity index (χ1) is 11.3. The molecule has 0 unspecified atom stereocenters. The summed E-state index contributed by atoms with van der Waals surface area (Å²) < 4.78 is 6.89. The number of rotatable bonds is 5. The summed E-state index contributed by atoms with van der Waals surface area (Å²) in [6.45, 7) is 5.35. The summed E-state index contributed by atoms with van der Waals surface area (Å²) in [4.78, 5) is 23.5. The highest BCUT2D eigenvalue weighted by Crippen LogP contribution is 2.24. The lowest BCUT2D eigenvalue weighted by Crippen LogP contribution is -2.45. The van der Waals surface area contributed by atoms with Gasteiger partial charge in [-0.1, -0.05) is 17.7 Å². The molecule has 2 rings (SSSR count). The van der Waals surface area contributed by atoms with Crippen molar-refractivity contribution in [3.05, 3.63) is 46.2 Å². The van der Waals surface area contributed by atoms with Gasteiger partial charge in [0.25, 0.3) is 11.8 Å². The van der Waals surface area contributed by atoms with Gasteiger partial charge in [0.2, 0.25) is 0 Å². The number of amides is 2. The van der Waals surface area contributed by atoms with Gasteiger partial charge < -0.3 is 4.74 Å². The van der Waals surface area contributed by atoms with E-state index in [-0.39, 0.29) is 19.1 Å². The monoisotopic (exact) mass is 350 g/mol. The first kappa shape index (κ1) is 17.8. The van der Waals surface area contributed by atoms with Gasteiger partial charge in [-0.15, -0.1) is 0 Å². The molecule has 2 amide bonds. The molecule has 2 aromatic rings. The second-order valence-corrected chi connectivity index (χ2v) is 5.81. The van der Waals surface area contributed by atoms with Crippen LogP contribution < -0.4 is 15.6 Å². The fourth-order valence-electron chi connectivity index (χ4n) is 2.05. The lowest BCUT2D eigenvalue weighted by molar-refractivity contribution is -0.130. The molecule has 1 aromatic carbocycles. The molecule has 0 aliphatic carbocycles. The zero-order valence-electron chi connectivity index (χ0n) is 13.7. The van der Waals surface area contributed by atoms with Gasteiger partial charge in [-0.2, -0.15) is 5.10 Å². The van der Waals surface area contributed by atoms with Crippen LogP contribution in [0.4, 0.5) is 0 Å². The molecule has 0 saturated carbocycles. The van der Waals surface area contributed by atoms with E-state index in [1.54, 1.807) is 16.8 Å². The quantitative estimate of drug-likeness (QED) is 0.803. The normalized spacial score (nSPS) is 10.3. The second kappa shape index (κ2) is 7.83. The van der Waals surface area contributed by atoms with Gasteiger partial charge in [0.15, 0.2) is 6.61 Å². The zero-order chi connectivity index (χ0) is 17.7. The summed E-state index contributed by atoms with van der Waals surface area (Å²) in [7, 11) is 0. The van der Waals surface area contributed by atoms with Gasteiger partial charge in [-0.05, 0) is 44.5 Å². The van der Waals surface area contributed by atoms with E-state index < -0.39 is 5.91 Å². The highest BCUT2D eigenvalue weighted by Gasteiger charge is 2.10. The Hall–Kier alpha value is -2.54. The van der Waals surface area contributed by atoms with E-state index in [1.165, 1.54) is 0 Å². The van der Waals surface area contributed by atoms with Crippen molar-refractivity contribution in [1.82, 2.24) is 20.6 Å². The largest absolute Gasteiger partial charge is 0.482 e. The third-order valence-electron chi connectivity index (χ3n) is 3.18. The van der Waals surface area contributed by atoms with Gasteiger partial charge in [-0.3, -0.25) is 25.1 Å². The SMILES string of the molecule is Cc1ccc(Cl)c(OCC(=O)NNC(=O)Cn2nc(C)cc2C)c1. The average molecular weight is 351 g/mol. The number of aryl methyl sites for hydroxylation is 3. The lowest BCUT2D eigenvalue weighted by atomic mass is 10.2. The van der Waals surface area contributed by atoms with Gasteiger partial charge in [-0.25, -0.2) is 0 Å². The third kappa shape index (κ3) is 4.99. The summed E-state index contributed by atoms with van der Waals surface area (Å²) in [6.07, 6.45) is 0. The number of nitrogens with one attached hydrogen (secondary N) is 2. The number of ether oxygens (including phenoxy) is 1. The lowest BCUT2D eigenvalue weighted by Gasteiger charge is -2.10. The Labute approximate surface area is 144 Å². The molecule has 0 spiro atoms. The van der Waals surface area contributed by atoms with Crippen LogP contribution in [0.15, 0.2) is 24.3 Å². The van der Waals surface area contributed by atoms with Crippen molar-refractivity contribution in [2.45, 2.75) is 27.3 Å². The number of benzene rings is 1. The van der Waals surface area contributed by atoms with E-state index in [0.717, 1.165) is 17.0 Å². The van der Waals surface area contributed by atoms with Crippen LogP contribution in [0.1, 0.15) is 17.0 Å². The van der Waals surface area contributed by atoms with Crippen LogP contribution >= 0.6 is 11.6 Å². The molecule has 0 radical (unpaired) electrons. The van der Waals surface area contributed by atoms with Crippen LogP contribution in [0.25, 0.3) is 0 Å². The van der Waals surface area contributed by atoms with Crippen molar-refractivity contribution in [2.24, 2.45) is 0 Å². The van der Waals surface area contributed by atoms with Gasteiger partial charge in [0.1, 0.15) is 12.3 Å². The van der Waals surface area contributed by atoms with Crippen molar-refractivity contribution in [3.8, 4) is 5.75 Å². The number of halogens is 1. The first-order valence-electron chi connectivity index (χ1n) is 7.33. The summed E-state index contributed by atoms with van der Waals surface area (Å²) in [5, 5.41) is 4.59. The average Bonchev–Trinajstić information content (AvgIpc) is 2.83. The molecule has 0 aliphatic rings. The molecule has 8 heteroatoms. The fraction of sp³-hybridized carbons (Fsp3) is 0.312. The van der Waals surface area contributed by atoms with Gasteiger partial charge in [0.05, 0.1) is 10.7 Å². The minimum atomic E-state index is -0.491. The molecule has 0 saturated heterocycles. The summed E-state index contributed by atoms with van der Waals surface area (Å²) in [6, 6.07) is 7.14. The first-order valence-corrected chi connectivity index (χ1v) is 7.70. The van der Waals surface area contributed by atoms with Crippen molar-refractivity contribution in [2.75, 3.05) is 6.61 Å². The zero-order valence-corrected chi connectivity index (χ0v) is 14.5. The minimum absolute atomic E-state index is 0.0184. The number of carbonyl (C=O) groups is 2. The van der Waals surface area contributed by atoms with Crippen LogP contribution in [-0.2, 0) is 16.1 Å². The number of nitrogens with zero attached hydrogens (tertiary/aromatic N) is 2. The molecule has 2 N–H and O–H groups in total. The maximum atomic E-state index is 11.8. The number of hydrogen-bond acceptors (Lipinski definition) is 4. The van der Waals surface area contributed by atoms with Crippen molar-refractivity contribution in [1.29, 1.82) is 0 Å². The van der Waals surface area contributed by atoms with E-state index >= 15 is 0 Å². The minimum Gasteiger partial charge on any atom is -0.482 e. The Bertz CT molecular complexity index is 758. The van der Waals surface area contributed by atoms with E-state index in [1.807, 2.05) is 32.9 Å². The maximum Gasteiger partial charge on any atom is 0.276 e. The van der Waals surface area contributed by atoms with Crippen LogP contribution in [0, 0.1) is 20.8 Å². The van der Waals surface area contributed by atoms with Crippen molar-refractivity contribution >= 4 is 23.4 Å². The second-order valence-electron chi connectivity index (χ2n) is 5.40. The summed E-state index contributed by atoms with van der Waals surface area (Å²) in [5.41, 5.74) is 7.26. The highest BCUT2D eigenvalue weighted by molar-refractivity contribution is 6.32. The predicted octanol–water partition coefficient (Wildman–Crippen LogP) is 1.69. The molecular formula is C16H19ClN4O3. The fourth-order valence-corrected chi connectivity index (χ4v) is 2.22. The van der Waals surface area contributed by atoms with E-state index in [2.05, 4.69) is 16.0 Å². The van der Waals surface area contributed by atoms with Crippen LogP contribution in [-0.4, -0.2) is 28.2 Å². The summed E-state index contributed by atoms with van der Waals surface area (Å²) >= 11 is 5.98. The van der Waals surface area contributed by atoms with Gasteiger partial charge in [0, 0.05) is 5.69 Å². The Kier molecular flexibility index (Phi) is 5.81. The third-order valence-corrected chi connectivity index (χ3v) is 3.50. The molecule has 7 nitrogen and oxygen atoms in total. The van der Waals surface area contributed by atoms with E-state index in [4.69, 9.17) is 16.3 Å². The molecule has 0 fully saturated rings. The predicted molar refractivity (Wildman–Crippen MR) is 89.7 cm³/mol. The van der Waals surface area contributed by atoms with Gasteiger partial charge >= 0.3 is 0 Å². The number of aromatic nitrogens is 2. The molecule has 128 valence electrons. The van der Waals surface area contributed by atoms with Crippen LogP contribution in [0.5, 0.6) is 5.75 Å². The Morgan fingerprint density at radius 3 is 2.54 bits per heavy atom. The molecule has 0 atom stereocenters. The van der Waals surface area contributed by atoms with E-state index in [0.29, 0.717) is 10.8 Å². The highest BCUT2D eigenvalue weighted by atomic mass is 35.5. The maximum absolute atomic E-state index is 11.8. The standard InChI is InChI=1S/C16H19ClN4O3/c1-10-4-5-13(17)14(6-10)24-9-16(23)19-18-15(22)8-21-12(3)7-11(2)20-21/h4-7H,8-9H2,1-3H3,(H,18,22)(H,19,23). The van der Waals surface area contributed by atoms with E-state index in [9.17, 15) is 9.59 Å². The van der Waals surface area contributed by atoms with Crippen LogP contribution in [0.3, 0.4) is 0 Å². The van der Waals surface area contributed by atoms with Crippen molar-refractivity contribution in [3.63, 3.8) is 0 Å². The topological polar surface area (TPSA) is 85.3 Å². The molecule has 1 heterocycles. The van der Waals surface area contributed by atoms with Crippen molar-refractivity contribution < 1.29 is 14.3 Å². The number of carbonyl (C=O) groups excluding carboxylic acids is 2. The number of hydrogen-bond donors (Lipinski definition) is 2. The molecule has 0 aliphatic heterocycles. The Balaban J connectivity index is 1.77. The smallest absolute Gasteiger partial charge is 0.276 e. The Morgan fingerprint density at radius 2 is 1.88 bits per heavy atom.